The number of halogens is 6. The molecule has 2 N–H and O–H groups in total. The van der Waals surface area contributed by atoms with E-state index in [-0.39, 0.29) is 42.1 Å². The molecule has 2 aromatic rings. The fourth-order valence-electron chi connectivity index (χ4n) is 5.38. The van der Waals surface area contributed by atoms with Gasteiger partial charge in [-0.15, -0.1) is 0 Å². The van der Waals surface area contributed by atoms with Crippen molar-refractivity contribution < 1.29 is 40.8 Å². The van der Waals surface area contributed by atoms with Gasteiger partial charge in [0.05, 0.1) is 28.2 Å². The number of piperidine rings is 1. The molecule has 0 atom stereocenters. The van der Waals surface area contributed by atoms with Gasteiger partial charge in [-0.3, -0.25) is 14.9 Å². The van der Waals surface area contributed by atoms with E-state index in [2.05, 4.69) is 10.6 Å². The number of benzene rings is 2. The number of hydrogen-bond acceptors (Lipinski definition) is 7. The van der Waals surface area contributed by atoms with Crippen molar-refractivity contribution in [3.63, 3.8) is 0 Å². The van der Waals surface area contributed by atoms with Crippen LogP contribution in [0, 0.1) is 21.4 Å². The van der Waals surface area contributed by atoms with Gasteiger partial charge in [-0.2, -0.15) is 31.6 Å². The molecule has 232 valence electrons. The van der Waals surface area contributed by atoms with Gasteiger partial charge >= 0.3 is 12.4 Å². The maximum atomic E-state index is 13.3. The average molecular weight is 614 g/mol. The lowest BCUT2D eigenvalue weighted by atomic mass is 9.92. The summed E-state index contributed by atoms with van der Waals surface area (Å²) in [6.45, 7) is 0.658. The van der Waals surface area contributed by atoms with Gasteiger partial charge in [-0.25, -0.2) is 0 Å². The fraction of sp³-hybridized carbons (Fsp3) is 0.500. The lowest BCUT2D eigenvalue weighted by Crippen LogP contribution is -2.44. The molecule has 0 radical (unpaired) electrons. The zero-order chi connectivity index (χ0) is 31.4. The smallest absolute Gasteiger partial charge is 0.382 e. The van der Waals surface area contributed by atoms with Crippen molar-refractivity contribution in [1.82, 2.24) is 4.90 Å². The topological polar surface area (TPSA) is 121 Å². The monoisotopic (exact) mass is 613 g/mol. The first-order valence-corrected chi connectivity index (χ1v) is 13.6. The van der Waals surface area contributed by atoms with Gasteiger partial charge in [0.25, 0.3) is 5.69 Å². The molecule has 9 nitrogen and oxygen atoms in total. The molecule has 1 aliphatic carbocycles. The lowest BCUT2D eigenvalue weighted by molar-refractivity contribution is -0.388. The first-order valence-electron chi connectivity index (χ1n) is 13.6. The van der Waals surface area contributed by atoms with Crippen molar-refractivity contribution >= 4 is 23.0 Å². The van der Waals surface area contributed by atoms with E-state index >= 15 is 0 Å². The van der Waals surface area contributed by atoms with Crippen molar-refractivity contribution in [2.75, 3.05) is 30.3 Å². The van der Waals surface area contributed by atoms with Crippen LogP contribution in [0.25, 0.3) is 0 Å². The molecular formula is C28H29F6N5O4. The number of amides is 1. The SMILES string of the molecule is N#Cc1ccc(NC2CCN(C(=O)COC3CCC(Nc4ccc([N+](=O)[O-])c(C(F)(F)F)c4)CC3)CC2)cc1C(F)(F)F. The van der Waals surface area contributed by atoms with E-state index in [0.29, 0.717) is 51.6 Å². The Balaban J connectivity index is 1.19. The molecule has 1 amide bonds. The van der Waals surface area contributed by atoms with Crippen molar-refractivity contribution in [1.29, 1.82) is 5.26 Å². The summed E-state index contributed by atoms with van der Waals surface area (Å²) in [5.41, 5.74) is -3.40. The Morgan fingerprint density at radius 3 is 1.98 bits per heavy atom. The molecule has 2 aromatic carbocycles. The maximum absolute atomic E-state index is 13.3. The molecule has 43 heavy (non-hydrogen) atoms. The van der Waals surface area contributed by atoms with E-state index in [4.69, 9.17) is 10.00 Å². The highest BCUT2D eigenvalue weighted by Gasteiger charge is 2.39. The summed E-state index contributed by atoms with van der Waals surface area (Å²) >= 11 is 0. The summed E-state index contributed by atoms with van der Waals surface area (Å²) in [5.74, 6) is -0.206. The second kappa shape index (κ2) is 13.1. The number of nitrogens with zero attached hydrogens (tertiary/aromatic N) is 3. The Bertz CT molecular complexity index is 1360. The van der Waals surface area contributed by atoms with Gasteiger partial charge in [-0.05, 0) is 68.9 Å². The van der Waals surface area contributed by atoms with Crippen molar-refractivity contribution in [3.05, 3.63) is 63.2 Å². The summed E-state index contributed by atoms with van der Waals surface area (Å²) in [6.07, 6.45) is -6.41. The third kappa shape index (κ3) is 8.28. The van der Waals surface area contributed by atoms with Gasteiger partial charge < -0.3 is 20.3 Å². The van der Waals surface area contributed by atoms with Crippen LogP contribution in [0.1, 0.15) is 55.2 Å². The van der Waals surface area contributed by atoms with Crippen LogP contribution in [0.15, 0.2) is 36.4 Å². The van der Waals surface area contributed by atoms with Crippen molar-refractivity contribution in [2.24, 2.45) is 0 Å². The summed E-state index contributed by atoms with van der Waals surface area (Å²) in [5, 5.41) is 26.0. The van der Waals surface area contributed by atoms with Crippen LogP contribution >= 0.6 is 0 Å². The van der Waals surface area contributed by atoms with E-state index in [1.807, 2.05) is 0 Å². The van der Waals surface area contributed by atoms with Crippen LogP contribution in [0.5, 0.6) is 0 Å². The Labute approximate surface area is 242 Å². The number of carbonyl (C=O) groups excluding carboxylic acids is 1. The number of alkyl halides is 6. The molecule has 0 spiro atoms. The predicted octanol–water partition coefficient (Wildman–Crippen LogP) is 6.35. The summed E-state index contributed by atoms with van der Waals surface area (Å²) in [7, 11) is 0. The third-order valence-electron chi connectivity index (χ3n) is 7.65. The van der Waals surface area contributed by atoms with Crippen LogP contribution in [-0.4, -0.2) is 53.6 Å². The molecule has 1 heterocycles. The first kappa shape index (κ1) is 31.9. The number of rotatable bonds is 8. The number of ether oxygens (including phenoxy) is 1. The Hall–Kier alpha value is -4.06. The lowest BCUT2D eigenvalue weighted by Gasteiger charge is -2.34. The molecule has 0 aromatic heterocycles. The van der Waals surface area contributed by atoms with Gasteiger partial charge in [0.1, 0.15) is 12.2 Å². The number of carbonyl (C=O) groups is 1. The van der Waals surface area contributed by atoms with Gasteiger partial charge in [0.2, 0.25) is 5.91 Å². The van der Waals surface area contributed by atoms with E-state index in [9.17, 15) is 41.3 Å². The number of nitriles is 1. The van der Waals surface area contributed by atoms with E-state index in [1.165, 1.54) is 12.1 Å². The molecule has 0 unspecified atom stereocenters. The summed E-state index contributed by atoms with van der Waals surface area (Å²) in [6, 6.07) is 7.53. The molecule has 1 saturated heterocycles. The van der Waals surface area contributed by atoms with Crippen LogP contribution in [0.4, 0.5) is 43.4 Å². The van der Waals surface area contributed by atoms with E-state index < -0.39 is 39.7 Å². The number of nitro groups is 1. The fourth-order valence-corrected chi connectivity index (χ4v) is 5.38. The molecule has 1 saturated carbocycles. The van der Waals surface area contributed by atoms with Gasteiger partial charge in [0, 0.05) is 42.6 Å². The van der Waals surface area contributed by atoms with E-state index in [0.717, 1.165) is 24.3 Å². The van der Waals surface area contributed by atoms with Gasteiger partial charge in [0.15, 0.2) is 0 Å². The second-order valence-electron chi connectivity index (χ2n) is 10.6. The normalized spacial score (nSPS) is 19.9. The minimum atomic E-state index is -4.87. The molecule has 15 heteroatoms. The third-order valence-corrected chi connectivity index (χ3v) is 7.65. The highest BCUT2D eigenvalue weighted by atomic mass is 19.4. The summed E-state index contributed by atoms with van der Waals surface area (Å²) in [4.78, 5) is 24.2. The predicted molar refractivity (Wildman–Crippen MR) is 143 cm³/mol. The highest BCUT2D eigenvalue weighted by Crippen LogP contribution is 2.38. The zero-order valence-corrected chi connectivity index (χ0v) is 22.8. The Morgan fingerprint density at radius 2 is 1.44 bits per heavy atom. The second-order valence-corrected chi connectivity index (χ2v) is 10.6. The van der Waals surface area contributed by atoms with E-state index in [1.54, 1.807) is 11.0 Å². The van der Waals surface area contributed by atoms with Crippen LogP contribution < -0.4 is 10.6 Å². The molecule has 4 rings (SSSR count). The molecule has 2 aliphatic rings. The molecule has 1 aliphatic heterocycles. The number of likely N-dealkylation sites (tertiary alicyclic amines) is 1. The van der Waals surface area contributed by atoms with Crippen molar-refractivity contribution in [2.45, 2.75) is 69.1 Å². The van der Waals surface area contributed by atoms with Crippen LogP contribution in [0.3, 0.4) is 0 Å². The van der Waals surface area contributed by atoms with Crippen molar-refractivity contribution in [3.8, 4) is 6.07 Å². The number of anilines is 2. The van der Waals surface area contributed by atoms with Crippen LogP contribution in [-0.2, 0) is 21.9 Å². The van der Waals surface area contributed by atoms with Gasteiger partial charge in [-0.1, -0.05) is 0 Å². The minimum Gasteiger partial charge on any atom is -0.382 e. The maximum Gasteiger partial charge on any atom is 0.423 e. The number of nitro benzene ring substituents is 1. The van der Waals surface area contributed by atoms with Crippen LogP contribution in [0.2, 0.25) is 0 Å². The summed E-state index contributed by atoms with van der Waals surface area (Å²) < 4.78 is 85.3. The zero-order valence-electron chi connectivity index (χ0n) is 22.8. The highest BCUT2D eigenvalue weighted by molar-refractivity contribution is 5.77. The Morgan fingerprint density at radius 1 is 0.907 bits per heavy atom. The number of nitrogens with one attached hydrogen (secondary N) is 2. The number of hydrogen-bond donors (Lipinski definition) is 2. The molecule has 2 fully saturated rings. The average Bonchev–Trinajstić information content (AvgIpc) is 2.96. The molecule has 0 bridgehead atoms. The standard InChI is InChI=1S/C28H29F6N5O4/c29-27(30,31)23-13-20(2-1-17(23)15-35)37-19-9-11-38(12-10-19)26(40)16-43-22-6-3-18(4-7-22)36-21-5-8-25(39(41)42)24(14-21)28(32,33)34/h1-2,5,8,13-14,18-19,22,36-37H,3-4,6-7,9-12,16H2. The largest absolute Gasteiger partial charge is 0.423 e. The Kier molecular flexibility index (Phi) is 9.69. The molecular weight excluding hydrogens is 584 g/mol. The first-order chi connectivity index (χ1) is 20.2. The minimum absolute atomic E-state index is 0.135. The quantitative estimate of drug-likeness (QED) is 0.202.